The Bertz CT molecular complexity index is 839. The molecule has 21 heavy (non-hydrogen) atoms. The minimum atomic E-state index is 0.520. The lowest BCUT2D eigenvalue weighted by molar-refractivity contribution is 0.851. The highest BCUT2D eigenvalue weighted by molar-refractivity contribution is 5.90. The zero-order valence-corrected chi connectivity index (χ0v) is 12.4. The van der Waals surface area contributed by atoms with Gasteiger partial charge in [0.15, 0.2) is 0 Å². The fraction of sp³-hybridized carbons (Fsp3) is 0.211. The molecule has 0 amide bonds. The molecule has 0 N–H and O–H groups in total. The van der Waals surface area contributed by atoms with Crippen molar-refractivity contribution in [2.24, 2.45) is 0 Å². The number of benzene rings is 2. The molecule has 0 fully saturated rings. The second-order valence-corrected chi connectivity index (χ2v) is 5.95. The van der Waals surface area contributed by atoms with Crippen molar-refractivity contribution < 1.29 is 0 Å². The van der Waals surface area contributed by atoms with Crippen LogP contribution in [0.15, 0.2) is 48.5 Å². The van der Waals surface area contributed by atoms with Gasteiger partial charge in [0.1, 0.15) is 5.82 Å². The molecular weight excluding hydrogens is 256 g/mol. The third-order valence-corrected chi connectivity index (χ3v) is 4.18. The van der Waals surface area contributed by atoms with Crippen LogP contribution in [-0.2, 0) is 6.54 Å². The topological polar surface area (TPSA) is 17.8 Å². The van der Waals surface area contributed by atoms with Crippen LogP contribution in [0, 0.1) is 0 Å². The van der Waals surface area contributed by atoms with Crippen molar-refractivity contribution >= 4 is 17.1 Å². The molecule has 4 rings (SSSR count). The van der Waals surface area contributed by atoms with Gasteiger partial charge in [-0.3, -0.25) is 0 Å². The van der Waals surface area contributed by atoms with Crippen molar-refractivity contribution in [3.63, 3.8) is 0 Å². The fourth-order valence-electron chi connectivity index (χ4n) is 3.05. The number of rotatable bonds is 2. The Morgan fingerprint density at radius 3 is 2.67 bits per heavy atom. The van der Waals surface area contributed by atoms with Crippen molar-refractivity contribution in [3.05, 3.63) is 59.7 Å². The predicted molar refractivity (Wildman–Crippen MR) is 88.3 cm³/mol. The van der Waals surface area contributed by atoms with Gasteiger partial charge in [-0.25, -0.2) is 4.98 Å². The smallest absolute Gasteiger partial charge is 0.141 e. The first-order valence-electron chi connectivity index (χ1n) is 7.50. The van der Waals surface area contributed by atoms with Gasteiger partial charge in [-0.1, -0.05) is 56.3 Å². The molecule has 104 valence electrons. The standard InChI is InChI=1S/C19H18N2/c1-13(2)16-11-15-9-6-10-21-18(15)17(12-16)20-19(21)14-7-4-3-5-8-14/h3-9,11-13H,10H2,1-2H3. The maximum Gasteiger partial charge on any atom is 0.141 e. The summed E-state index contributed by atoms with van der Waals surface area (Å²) in [6.07, 6.45) is 4.45. The second kappa shape index (κ2) is 4.59. The van der Waals surface area contributed by atoms with Crippen LogP contribution in [0.5, 0.6) is 0 Å². The zero-order chi connectivity index (χ0) is 14.4. The molecule has 1 aromatic heterocycles. The van der Waals surface area contributed by atoms with Crippen LogP contribution in [0.4, 0.5) is 0 Å². The monoisotopic (exact) mass is 274 g/mol. The van der Waals surface area contributed by atoms with E-state index in [0.717, 1.165) is 17.9 Å². The summed E-state index contributed by atoms with van der Waals surface area (Å²) in [4.78, 5) is 4.92. The highest BCUT2D eigenvalue weighted by atomic mass is 15.1. The van der Waals surface area contributed by atoms with Gasteiger partial charge in [0, 0.05) is 17.7 Å². The largest absolute Gasteiger partial charge is 0.320 e. The Kier molecular flexibility index (Phi) is 2.71. The molecule has 0 atom stereocenters. The minimum absolute atomic E-state index is 0.520. The van der Waals surface area contributed by atoms with Gasteiger partial charge in [-0.05, 0) is 23.6 Å². The Morgan fingerprint density at radius 2 is 1.90 bits per heavy atom. The van der Waals surface area contributed by atoms with Gasteiger partial charge in [0.05, 0.1) is 11.0 Å². The number of imidazole rings is 1. The third-order valence-electron chi connectivity index (χ3n) is 4.18. The first kappa shape index (κ1) is 12.4. The number of nitrogens with zero attached hydrogens (tertiary/aromatic N) is 2. The van der Waals surface area contributed by atoms with Gasteiger partial charge in [-0.15, -0.1) is 0 Å². The molecule has 0 aliphatic carbocycles. The van der Waals surface area contributed by atoms with E-state index in [1.807, 2.05) is 6.07 Å². The van der Waals surface area contributed by atoms with E-state index in [9.17, 15) is 0 Å². The quantitative estimate of drug-likeness (QED) is 0.653. The number of allylic oxidation sites excluding steroid dienone is 1. The maximum atomic E-state index is 4.92. The zero-order valence-electron chi connectivity index (χ0n) is 12.4. The predicted octanol–water partition coefficient (Wildman–Crippen LogP) is 4.85. The van der Waals surface area contributed by atoms with E-state index in [1.54, 1.807) is 0 Å². The van der Waals surface area contributed by atoms with Crippen molar-refractivity contribution in [2.75, 3.05) is 0 Å². The average Bonchev–Trinajstić information content (AvgIpc) is 2.89. The maximum absolute atomic E-state index is 4.92. The molecule has 2 heterocycles. The van der Waals surface area contributed by atoms with Crippen LogP contribution in [0.3, 0.4) is 0 Å². The van der Waals surface area contributed by atoms with E-state index in [4.69, 9.17) is 4.98 Å². The molecule has 0 bridgehead atoms. The van der Waals surface area contributed by atoms with E-state index in [1.165, 1.54) is 22.2 Å². The first-order valence-corrected chi connectivity index (χ1v) is 7.50. The van der Waals surface area contributed by atoms with Crippen LogP contribution < -0.4 is 0 Å². The van der Waals surface area contributed by atoms with Crippen molar-refractivity contribution in [1.82, 2.24) is 9.55 Å². The van der Waals surface area contributed by atoms with Crippen LogP contribution in [0.25, 0.3) is 28.5 Å². The third kappa shape index (κ3) is 1.90. The fourth-order valence-corrected chi connectivity index (χ4v) is 3.05. The minimum Gasteiger partial charge on any atom is -0.320 e. The Balaban J connectivity index is 2.03. The van der Waals surface area contributed by atoms with Gasteiger partial charge in [-0.2, -0.15) is 0 Å². The number of hydrogen-bond donors (Lipinski definition) is 0. The lowest BCUT2D eigenvalue weighted by Crippen LogP contribution is -2.03. The number of hydrogen-bond acceptors (Lipinski definition) is 1. The van der Waals surface area contributed by atoms with E-state index in [-0.39, 0.29) is 0 Å². The van der Waals surface area contributed by atoms with Crippen LogP contribution in [-0.4, -0.2) is 9.55 Å². The summed E-state index contributed by atoms with van der Waals surface area (Å²) < 4.78 is 2.32. The van der Waals surface area contributed by atoms with Crippen LogP contribution in [0.2, 0.25) is 0 Å². The molecule has 2 heteroatoms. The molecule has 0 spiro atoms. The summed E-state index contributed by atoms with van der Waals surface area (Å²) in [5.41, 5.74) is 6.20. The molecule has 1 aliphatic heterocycles. The summed E-state index contributed by atoms with van der Waals surface area (Å²) >= 11 is 0. The number of aromatic nitrogens is 2. The first-order chi connectivity index (χ1) is 10.2. The second-order valence-electron chi connectivity index (χ2n) is 5.95. The molecule has 0 saturated heterocycles. The molecule has 0 radical (unpaired) electrons. The summed E-state index contributed by atoms with van der Waals surface area (Å²) in [6.45, 7) is 5.36. The lowest BCUT2D eigenvalue weighted by Gasteiger charge is -2.14. The normalized spacial score (nSPS) is 13.3. The van der Waals surface area contributed by atoms with Gasteiger partial charge in [0.2, 0.25) is 0 Å². The molecular formula is C19H18N2. The van der Waals surface area contributed by atoms with Crippen molar-refractivity contribution in [2.45, 2.75) is 26.3 Å². The van der Waals surface area contributed by atoms with E-state index in [0.29, 0.717) is 5.92 Å². The summed E-state index contributed by atoms with van der Waals surface area (Å²) in [5.74, 6) is 1.59. The van der Waals surface area contributed by atoms with Crippen LogP contribution in [0.1, 0.15) is 30.9 Å². The van der Waals surface area contributed by atoms with E-state index < -0.39 is 0 Å². The highest BCUT2D eigenvalue weighted by Gasteiger charge is 2.17. The Labute approximate surface area is 124 Å². The molecule has 2 aromatic carbocycles. The summed E-state index contributed by atoms with van der Waals surface area (Å²) in [5, 5.41) is 0. The van der Waals surface area contributed by atoms with Crippen LogP contribution >= 0.6 is 0 Å². The van der Waals surface area contributed by atoms with Crippen molar-refractivity contribution in [1.29, 1.82) is 0 Å². The average molecular weight is 274 g/mol. The highest BCUT2D eigenvalue weighted by Crippen LogP contribution is 2.32. The molecule has 0 saturated carbocycles. The molecule has 3 aromatic rings. The lowest BCUT2D eigenvalue weighted by atomic mass is 9.98. The summed E-state index contributed by atoms with van der Waals surface area (Å²) in [7, 11) is 0. The molecule has 2 nitrogen and oxygen atoms in total. The van der Waals surface area contributed by atoms with Gasteiger partial charge >= 0.3 is 0 Å². The SMILES string of the molecule is CC(C)c1cc2c3c(c1)nc(-c1ccccc1)n3CC=C2. The van der Waals surface area contributed by atoms with E-state index in [2.05, 4.69) is 67.0 Å². The summed E-state index contributed by atoms with van der Waals surface area (Å²) in [6, 6.07) is 15.0. The molecule has 1 aliphatic rings. The molecule has 0 unspecified atom stereocenters. The van der Waals surface area contributed by atoms with Crippen molar-refractivity contribution in [3.8, 4) is 11.4 Å². The Morgan fingerprint density at radius 1 is 1.10 bits per heavy atom. The van der Waals surface area contributed by atoms with Gasteiger partial charge in [0.25, 0.3) is 0 Å². The van der Waals surface area contributed by atoms with Gasteiger partial charge < -0.3 is 4.57 Å². The van der Waals surface area contributed by atoms with E-state index >= 15 is 0 Å². The Hall–Kier alpha value is -2.35.